The summed E-state index contributed by atoms with van der Waals surface area (Å²) in [5.74, 6) is 1.02. The van der Waals surface area contributed by atoms with Crippen LogP contribution >= 0.6 is 0 Å². The summed E-state index contributed by atoms with van der Waals surface area (Å²) in [6.45, 7) is 2.68. The second-order valence-electron chi connectivity index (χ2n) is 4.40. The Labute approximate surface area is 95.8 Å². The van der Waals surface area contributed by atoms with Gasteiger partial charge in [-0.05, 0) is 18.1 Å². The fourth-order valence-corrected chi connectivity index (χ4v) is 2.38. The average molecular weight is 219 g/mol. The van der Waals surface area contributed by atoms with Crippen molar-refractivity contribution in [3.05, 3.63) is 23.8 Å². The SMILES string of the molecule is c1cc2c(c(OC3CCOCC3)c1)NCC2. The molecule has 16 heavy (non-hydrogen) atoms. The minimum atomic E-state index is 0.322. The van der Waals surface area contributed by atoms with Gasteiger partial charge in [-0.2, -0.15) is 0 Å². The molecule has 0 bridgehead atoms. The van der Waals surface area contributed by atoms with Gasteiger partial charge in [0.25, 0.3) is 0 Å². The molecular weight excluding hydrogens is 202 g/mol. The first-order valence-electron chi connectivity index (χ1n) is 6.03. The van der Waals surface area contributed by atoms with Gasteiger partial charge >= 0.3 is 0 Å². The molecule has 1 aromatic carbocycles. The van der Waals surface area contributed by atoms with E-state index in [1.165, 1.54) is 11.3 Å². The molecule has 2 heterocycles. The molecule has 1 saturated heterocycles. The topological polar surface area (TPSA) is 30.5 Å². The third-order valence-electron chi connectivity index (χ3n) is 3.27. The zero-order chi connectivity index (χ0) is 10.8. The third-order valence-corrected chi connectivity index (χ3v) is 3.27. The van der Waals surface area contributed by atoms with Crippen LogP contribution in [0.1, 0.15) is 18.4 Å². The summed E-state index contributed by atoms with van der Waals surface area (Å²) in [5.41, 5.74) is 2.58. The van der Waals surface area contributed by atoms with E-state index in [9.17, 15) is 0 Å². The van der Waals surface area contributed by atoms with Gasteiger partial charge in [0.2, 0.25) is 0 Å². The predicted octanol–water partition coefficient (Wildman–Crippen LogP) is 2.21. The van der Waals surface area contributed by atoms with Crippen LogP contribution in [0, 0.1) is 0 Å². The van der Waals surface area contributed by atoms with E-state index in [1.54, 1.807) is 0 Å². The molecule has 3 heteroatoms. The van der Waals surface area contributed by atoms with Gasteiger partial charge in [0.05, 0.1) is 18.9 Å². The number of ether oxygens (including phenoxy) is 2. The molecule has 2 aliphatic rings. The Bertz CT molecular complexity index is 372. The molecule has 0 atom stereocenters. The van der Waals surface area contributed by atoms with E-state index in [1.807, 2.05) is 0 Å². The molecule has 0 unspecified atom stereocenters. The van der Waals surface area contributed by atoms with Crippen molar-refractivity contribution in [2.24, 2.45) is 0 Å². The number of para-hydroxylation sites is 1. The lowest BCUT2D eigenvalue weighted by Gasteiger charge is -2.24. The maximum Gasteiger partial charge on any atom is 0.143 e. The second kappa shape index (κ2) is 4.34. The lowest BCUT2D eigenvalue weighted by atomic mass is 10.1. The lowest BCUT2D eigenvalue weighted by molar-refractivity contribution is 0.0258. The van der Waals surface area contributed by atoms with Gasteiger partial charge in [-0.15, -0.1) is 0 Å². The van der Waals surface area contributed by atoms with Gasteiger partial charge in [-0.3, -0.25) is 0 Å². The maximum absolute atomic E-state index is 6.06. The normalized spacial score (nSPS) is 20.2. The summed E-state index contributed by atoms with van der Waals surface area (Å²) in [4.78, 5) is 0. The van der Waals surface area contributed by atoms with Crippen LogP contribution in [0.25, 0.3) is 0 Å². The van der Waals surface area contributed by atoms with Gasteiger partial charge < -0.3 is 14.8 Å². The van der Waals surface area contributed by atoms with Crippen molar-refractivity contribution in [3.8, 4) is 5.75 Å². The molecule has 1 N–H and O–H groups in total. The van der Waals surface area contributed by atoms with Gasteiger partial charge in [-0.1, -0.05) is 12.1 Å². The Morgan fingerprint density at radius 1 is 1.25 bits per heavy atom. The van der Waals surface area contributed by atoms with Crippen LogP contribution in [0.3, 0.4) is 0 Å². The van der Waals surface area contributed by atoms with Crippen LogP contribution in [0.4, 0.5) is 5.69 Å². The highest BCUT2D eigenvalue weighted by Crippen LogP contribution is 2.33. The van der Waals surface area contributed by atoms with Crippen LogP contribution in [0.15, 0.2) is 18.2 Å². The van der Waals surface area contributed by atoms with E-state index in [0.717, 1.165) is 44.8 Å². The van der Waals surface area contributed by atoms with E-state index < -0.39 is 0 Å². The quantitative estimate of drug-likeness (QED) is 0.827. The van der Waals surface area contributed by atoms with Gasteiger partial charge in [0, 0.05) is 19.4 Å². The molecule has 1 aromatic rings. The second-order valence-corrected chi connectivity index (χ2v) is 4.40. The summed E-state index contributed by atoms with van der Waals surface area (Å²) >= 11 is 0. The largest absolute Gasteiger partial charge is 0.488 e. The van der Waals surface area contributed by atoms with Crippen molar-refractivity contribution in [1.29, 1.82) is 0 Å². The lowest BCUT2D eigenvalue weighted by Crippen LogP contribution is -2.26. The highest BCUT2D eigenvalue weighted by Gasteiger charge is 2.19. The van der Waals surface area contributed by atoms with Crippen molar-refractivity contribution >= 4 is 5.69 Å². The van der Waals surface area contributed by atoms with E-state index in [0.29, 0.717) is 6.10 Å². The highest BCUT2D eigenvalue weighted by molar-refractivity contribution is 5.65. The first-order chi connectivity index (χ1) is 7.93. The summed E-state index contributed by atoms with van der Waals surface area (Å²) in [6, 6.07) is 6.32. The number of fused-ring (bicyclic) bond motifs is 1. The summed E-state index contributed by atoms with van der Waals surface area (Å²) in [5, 5.41) is 3.40. The summed E-state index contributed by atoms with van der Waals surface area (Å²) < 4.78 is 11.4. The number of hydrogen-bond donors (Lipinski definition) is 1. The standard InChI is InChI=1S/C13H17NO2/c1-2-10-4-7-14-13(10)12(3-1)16-11-5-8-15-9-6-11/h1-3,11,14H,4-9H2. The molecule has 3 rings (SSSR count). The molecule has 3 nitrogen and oxygen atoms in total. The minimum absolute atomic E-state index is 0.322. The molecule has 0 aliphatic carbocycles. The van der Waals surface area contributed by atoms with Crippen LogP contribution in [-0.2, 0) is 11.2 Å². The average Bonchev–Trinajstić information content (AvgIpc) is 2.80. The fraction of sp³-hybridized carbons (Fsp3) is 0.538. The molecule has 0 radical (unpaired) electrons. The molecule has 0 aromatic heterocycles. The third kappa shape index (κ3) is 1.87. The Morgan fingerprint density at radius 2 is 2.12 bits per heavy atom. The monoisotopic (exact) mass is 219 g/mol. The Hall–Kier alpha value is -1.22. The molecule has 1 fully saturated rings. The molecular formula is C13H17NO2. The Morgan fingerprint density at radius 3 is 3.00 bits per heavy atom. The number of anilines is 1. The van der Waals surface area contributed by atoms with Gasteiger partial charge in [-0.25, -0.2) is 0 Å². The molecule has 0 spiro atoms. The van der Waals surface area contributed by atoms with E-state index >= 15 is 0 Å². The van der Waals surface area contributed by atoms with Crippen LogP contribution in [0.2, 0.25) is 0 Å². The predicted molar refractivity (Wildman–Crippen MR) is 63.1 cm³/mol. The summed E-state index contributed by atoms with van der Waals surface area (Å²) in [7, 11) is 0. The van der Waals surface area contributed by atoms with Crippen molar-refractivity contribution in [2.75, 3.05) is 25.1 Å². The van der Waals surface area contributed by atoms with E-state index in [-0.39, 0.29) is 0 Å². The van der Waals surface area contributed by atoms with Crippen molar-refractivity contribution in [1.82, 2.24) is 0 Å². The Balaban J connectivity index is 1.76. The zero-order valence-electron chi connectivity index (χ0n) is 9.37. The number of benzene rings is 1. The van der Waals surface area contributed by atoms with Crippen molar-refractivity contribution in [3.63, 3.8) is 0 Å². The van der Waals surface area contributed by atoms with Gasteiger partial charge in [0.15, 0.2) is 0 Å². The molecule has 0 saturated carbocycles. The van der Waals surface area contributed by atoms with Crippen molar-refractivity contribution in [2.45, 2.75) is 25.4 Å². The van der Waals surface area contributed by atoms with Crippen LogP contribution in [0.5, 0.6) is 5.75 Å². The maximum atomic E-state index is 6.06. The van der Waals surface area contributed by atoms with Crippen molar-refractivity contribution < 1.29 is 9.47 Å². The Kier molecular flexibility index (Phi) is 2.70. The number of nitrogens with one attached hydrogen (secondary N) is 1. The first kappa shape index (κ1) is 9.97. The molecule has 0 amide bonds. The van der Waals surface area contributed by atoms with E-state index in [2.05, 4.69) is 23.5 Å². The fourth-order valence-electron chi connectivity index (χ4n) is 2.38. The first-order valence-corrected chi connectivity index (χ1v) is 6.03. The van der Waals surface area contributed by atoms with Crippen LogP contribution < -0.4 is 10.1 Å². The van der Waals surface area contributed by atoms with Gasteiger partial charge in [0.1, 0.15) is 11.9 Å². The number of rotatable bonds is 2. The highest BCUT2D eigenvalue weighted by atomic mass is 16.5. The number of hydrogen-bond acceptors (Lipinski definition) is 3. The van der Waals surface area contributed by atoms with Crippen LogP contribution in [-0.4, -0.2) is 25.9 Å². The minimum Gasteiger partial charge on any atom is -0.488 e. The smallest absolute Gasteiger partial charge is 0.143 e. The molecule has 86 valence electrons. The summed E-state index contributed by atoms with van der Waals surface area (Å²) in [6.07, 6.45) is 3.44. The van der Waals surface area contributed by atoms with E-state index in [4.69, 9.17) is 9.47 Å². The zero-order valence-corrected chi connectivity index (χ0v) is 9.37. The molecule has 2 aliphatic heterocycles.